The number of hydrogen-bond acceptors (Lipinski definition) is 5. The van der Waals surface area contributed by atoms with E-state index in [1.54, 1.807) is 23.0 Å². The van der Waals surface area contributed by atoms with Crippen LogP contribution in [0.2, 0.25) is 0 Å². The highest BCUT2D eigenvalue weighted by Gasteiger charge is 2.09. The van der Waals surface area contributed by atoms with Gasteiger partial charge in [-0.15, -0.1) is 11.3 Å². The Hall–Kier alpha value is -1.20. The van der Waals surface area contributed by atoms with Gasteiger partial charge in [-0.3, -0.25) is 0 Å². The van der Waals surface area contributed by atoms with Gasteiger partial charge in [-0.25, -0.2) is 9.97 Å². The van der Waals surface area contributed by atoms with Gasteiger partial charge in [0.25, 0.3) is 0 Å². The van der Waals surface area contributed by atoms with Crippen LogP contribution in [0.5, 0.6) is 0 Å². The maximum absolute atomic E-state index is 5.39. The third-order valence-electron chi connectivity index (χ3n) is 1.70. The molecule has 0 spiro atoms. The maximum atomic E-state index is 5.39. The summed E-state index contributed by atoms with van der Waals surface area (Å²) >= 11 is 1.54. The molecular formula is C8H9N3OS. The summed E-state index contributed by atoms with van der Waals surface area (Å²) in [6, 6.07) is 0. The highest BCUT2D eigenvalue weighted by Crippen LogP contribution is 2.27. The zero-order valence-electron chi connectivity index (χ0n) is 7.15. The lowest BCUT2D eigenvalue weighted by Crippen LogP contribution is -1.94. The molecule has 0 amide bonds. The molecule has 0 aliphatic carbocycles. The van der Waals surface area contributed by atoms with Gasteiger partial charge < -0.3 is 10.2 Å². The van der Waals surface area contributed by atoms with Crippen LogP contribution in [0.3, 0.4) is 0 Å². The summed E-state index contributed by atoms with van der Waals surface area (Å²) in [4.78, 5) is 9.17. The summed E-state index contributed by atoms with van der Waals surface area (Å²) in [5, 5.41) is 0. The number of oxazole rings is 1. The van der Waals surface area contributed by atoms with E-state index in [9.17, 15) is 0 Å². The number of nitrogens with zero attached hydrogens (tertiary/aromatic N) is 2. The third kappa shape index (κ3) is 1.48. The van der Waals surface area contributed by atoms with Gasteiger partial charge in [0.2, 0.25) is 5.89 Å². The molecule has 4 nitrogen and oxygen atoms in total. The molecule has 0 saturated carbocycles. The Kier molecular flexibility index (Phi) is 2.12. The third-order valence-corrected chi connectivity index (χ3v) is 2.64. The fraction of sp³-hybridized carbons (Fsp3) is 0.250. The van der Waals surface area contributed by atoms with Crippen LogP contribution in [-0.4, -0.2) is 9.97 Å². The van der Waals surface area contributed by atoms with Gasteiger partial charge in [0, 0.05) is 0 Å². The number of rotatable bonds is 2. The van der Waals surface area contributed by atoms with E-state index in [1.807, 2.05) is 6.92 Å². The standard InChI is InChI=1S/C8H9N3OS/c1-5-8(13-4-11-5)6-3-10-7(2-9)12-6/h3-4H,2,9H2,1H3. The van der Waals surface area contributed by atoms with E-state index in [-0.39, 0.29) is 0 Å². The molecule has 0 radical (unpaired) electrons. The van der Waals surface area contributed by atoms with Crippen molar-refractivity contribution in [2.75, 3.05) is 0 Å². The molecule has 2 heterocycles. The molecule has 0 aromatic carbocycles. The SMILES string of the molecule is Cc1ncsc1-c1cnc(CN)o1. The first kappa shape index (κ1) is 8.40. The molecule has 0 aliphatic heterocycles. The Morgan fingerprint density at radius 1 is 1.54 bits per heavy atom. The highest BCUT2D eigenvalue weighted by atomic mass is 32.1. The second-order valence-corrected chi connectivity index (χ2v) is 3.44. The van der Waals surface area contributed by atoms with Crippen LogP contribution >= 0.6 is 11.3 Å². The van der Waals surface area contributed by atoms with Crippen LogP contribution in [-0.2, 0) is 6.54 Å². The molecule has 0 saturated heterocycles. The van der Waals surface area contributed by atoms with Gasteiger partial charge in [-0.2, -0.15) is 0 Å². The van der Waals surface area contributed by atoms with Crippen molar-refractivity contribution in [1.82, 2.24) is 9.97 Å². The number of aryl methyl sites for hydroxylation is 1. The van der Waals surface area contributed by atoms with Crippen LogP contribution in [0.15, 0.2) is 16.1 Å². The van der Waals surface area contributed by atoms with E-state index < -0.39 is 0 Å². The number of aromatic nitrogens is 2. The first-order valence-electron chi connectivity index (χ1n) is 3.86. The maximum Gasteiger partial charge on any atom is 0.208 e. The Labute approximate surface area is 79.4 Å². The average molecular weight is 195 g/mol. The van der Waals surface area contributed by atoms with E-state index in [4.69, 9.17) is 10.2 Å². The van der Waals surface area contributed by atoms with E-state index in [0.29, 0.717) is 12.4 Å². The minimum Gasteiger partial charge on any atom is -0.438 e. The molecule has 5 heteroatoms. The first-order valence-corrected chi connectivity index (χ1v) is 4.74. The normalized spacial score (nSPS) is 10.6. The Morgan fingerprint density at radius 3 is 2.92 bits per heavy atom. The van der Waals surface area contributed by atoms with E-state index in [0.717, 1.165) is 16.3 Å². The van der Waals surface area contributed by atoms with Gasteiger partial charge >= 0.3 is 0 Å². The minimum atomic E-state index is 0.331. The van der Waals surface area contributed by atoms with Crippen molar-refractivity contribution in [2.24, 2.45) is 5.73 Å². The molecule has 0 atom stereocenters. The lowest BCUT2D eigenvalue weighted by atomic mass is 10.3. The zero-order valence-corrected chi connectivity index (χ0v) is 7.97. The zero-order chi connectivity index (χ0) is 9.26. The van der Waals surface area contributed by atoms with Crippen LogP contribution < -0.4 is 5.73 Å². The van der Waals surface area contributed by atoms with Gasteiger partial charge in [-0.1, -0.05) is 0 Å². The summed E-state index contributed by atoms with van der Waals surface area (Å²) in [6.45, 7) is 2.27. The first-order chi connectivity index (χ1) is 6.31. The second kappa shape index (κ2) is 3.27. The molecule has 2 aromatic heterocycles. The largest absolute Gasteiger partial charge is 0.438 e. The van der Waals surface area contributed by atoms with Crippen molar-refractivity contribution < 1.29 is 4.42 Å². The number of nitrogens with two attached hydrogens (primary N) is 1. The van der Waals surface area contributed by atoms with Crippen molar-refractivity contribution in [2.45, 2.75) is 13.5 Å². The smallest absolute Gasteiger partial charge is 0.208 e. The predicted molar refractivity (Wildman–Crippen MR) is 50.2 cm³/mol. The van der Waals surface area contributed by atoms with Crippen molar-refractivity contribution in [3.05, 3.63) is 23.3 Å². The Balaban J connectivity index is 2.41. The van der Waals surface area contributed by atoms with Gasteiger partial charge in [0.15, 0.2) is 5.76 Å². The van der Waals surface area contributed by atoms with Gasteiger partial charge in [0.1, 0.15) is 0 Å². The molecule has 0 bridgehead atoms. The number of hydrogen-bond donors (Lipinski definition) is 1. The average Bonchev–Trinajstić information content (AvgIpc) is 2.71. The van der Waals surface area contributed by atoms with Crippen LogP contribution in [0.1, 0.15) is 11.6 Å². The molecule has 13 heavy (non-hydrogen) atoms. The molecule has 0 aliphatic rings. The molecule has 68 valence electrons. The highest BCUT2D eigenvalue weighted by molar-refractivity contribution is 7.13. The Morgan fingerprint density at radius 2 is 2.38 bits per heavy atom. The molecule has 2 N–H and O–H groups in total. The molecular weight excluding hydrogens is 186 g/mol. The van der Waals surface area contributed by atoms with Gasteiger partial charge in [-0.05, 0) is 6.92 Å². The van der Waals surface area contributed by atoms with Crippen molar-refractivity contribution in [3.8, 4) is 10.6 Å². The van der Waals surface area contributed by atoms with Crippen molar-refractivity contribution >= 4 is 11.3 Å². The van der Waals surface area contributed by atoms with Crippen LogP contribution in [0.4, 0.5) is 0 Å². The summed E-state index contributed by atoms with van der Waals surface area (Å²) in [6.07, 6.45) is 1.68. The van der Waals surface area contributed by atoms with Crippen molar-refractivity contribution in [1.29, 1.82) is 0 Å². The summed E-state index contributed by atoms with van der Waals surface area (Å²) in [7, 11) is 0. The lowest BCUT2D eigenvalue weighted by molar-refractivity contribution is 0.510. The topological polar surface area (TPSA) is 64.9 Å². The van der Waals surface area contributed by atoms with Crippen molar-refractivity contribution in [3.63, 3.8) is 0 Å². The molecule has 2 rings (SSSR count). The predicted octanol–water partition coefficient (Wildman–Crippen LogP) is 1.57. The minimum absolute atomic E-state index is 0.331. The van der Waals surface area contributed by atoms with E-state index in [1.165, 1.54) is 0 Å². The van der Waals surface area contributed by atoms with E-state index in [2.05, 4.69) is 9.97 Å². The lowest BCUT2D eigenvalue weighted by Gasteiger charge is -1.90. The van der Waals surface area contributed by atoms with Gasteiger partial charge in [0.05, 0.1) is 28.8 Å². The van der Waals surface area contributed by atoms with Crippen LogP contribution in [0.25, 0.3) is 10.6 Å². The van der Waals surface area contributed by atoms with E-state index >= 15 is 0 Å². The number of thiazole rings is 1. The molecule has 0 fully saturated rings. The summed E-state index contributed by atoms with van der Waals surface area (Å²) in [5.41, 5.74) is 8.14. The fourth-order valence-corrected chi connectivity index (χ4v) is 1.80. The molecule has 0 unspecified atom stereocenters. The van der Waals surface area contributed by atoms with Crippen LogP contribution in [0, 0.1) is 6.92 Å². The summed E-state index contributed by atoms with van der Waals surface area (Å²) in [5.74, 6) is 1.31. The summed E-state index contributed by atoms with van der Waals surface area (Å²) < 4.78 is 5.39. The monoisotopic (exact) mass is 195 g/mol. The Bertz CT molecular complexity index is 407. The molecule has 2 aromatic rings. The fourth-order valence-electron chi connectivity index (χ4n) is 1.05. The second-order valence-electron chi connectivity index (χ2n) is 2.59. The quantitative estimate of drug-likeness (QED) is 0.789.